The van der Waals surface area contributed by atoms with E-state index in [1.54, 1.807) is 0 Å². The molecule has 0 aliphatic heterocycles. The summed E-state index contributed by atoms with van der Waals surface area (Å²) in [7, 11) is 0. The van der Waals surface area contributed by atoms with E-state index < -0.39 is 6.61 Å². The summed E-state index contributed by atoms with van der Waals surface area (Å²) in [4.78, 5) is 10.6. The Morgan fingerprint density at radius 2 is 1.94 bits per heavy atom. The Labute approximate surface area is 97.6 Å². The Morgan fingerprint density at radius 3 is 2.50 bits per heavy atom. The third kappa shape index (κ3) is 11.4. The molecule has 0 rings (SSSR count). The summed E-state index contributed by atoms with van der Waals surface area (Å²) in [5.74, 6) is -0.339. The highest BCUT2D eigenvalue weighted by atomic mass is 16.5. The maximum Gasteiger partial charge on any atom is 0.245 e. The van der Waals surface area contributed by atoms with E-state index in [-0.39, 0.29) is 11.4 Å². The quantitative estimate of drug-likeness (QED) is 0.511. The number of amides is 1. The van der Waals surface area contributed by atoms with E-state index in [1.807, 2.05) is 0 Å². The lowest BCUT2D eigenvalue weighted by Gasteiger charge is -2.20. The van der Waals surface area contributed by atoms with E-state index in [1.165, 1.54) is 0 Å². The number of rotatable bonds is 8. The lowest BCUT2D eigenvalue weighted by molar-refractivity contribution is -0.123. The molecule has 0 atom stereocenters. The number of aliphatic hydroxyl groups excluding tert-OH is 1. The van der Waals surface area contributed by atoms with Crippen molar-refractivity contribution < 1.29 is 14.6 Å². The first-order valence-corrected chi connectivity index (χ1v) is 5.66. The highest BCUT2D eigenvalue weighted by Gasteiger charge is 2.06. The maximum absolute atomic E-state index is 10.6. The van der Waals surface area contributed by atoms with Crippen molar-refractivity contribution in [2.24, 2.45) is 0 Å². The summed E-state index contributed by atoms with van der Waals surface area (Å²) in [6.45, 7) is 8.55. The highest BCUT2D eigenvalue weighted by molar-refractivity contribution is 5.76. The molecule has 0 aromatic heterocycles. The van der Waals surface area contributed by atoms with Crippen LogP contribution in [0.2, 0.25) is 0 Å². The number of carbonyl (C=O) groups excluding carboxylic acids is 1. The van der Waals surface area contributed by atoms with Crippen molar-refractivity contribution in [3.8, 4) is 0 Å². The minimum absolute atomic E-state index is 0.123. The molecule has 0 aliphatic carbocycles. The van der Waals surface area contributed by atoms with Gasteiger partial charge in [-0.3, -0.25) is 4.79 Å². The second-order valence-corrected chi connectivity index (χ2v) is 4.65. The minimum Gasteiger partial charge on any atom is -0.387 e. The summed E-state index contributed by atoms with van der Waals surface area (Å²) >= 11 is 0. The normalized spacial score (nSPS) is 11.5. The van der Waals surface area contributed by atoms with Gasteiger partial charge in [-0.1, -0.05) is 0 Å². The molecular weight excluding hydrogens is 208 g/mol. The van der Waals surface area contributed by atoms with Crippen LogP contribution in [0.25, 0.3) is 0 Å². The molecule has 0 saturated heterocycles. The van der Waals surface area contributed by atoms with E-state index in [0.29, 0.717) is 19.8 Å². The standard InChI is InChI=1S/C11H24N2O3/c1-11(2,3)13-6-8-16-7-4-5-12-10(15)9-14/h13-14H,4-9H2,1-3H3,(H,12,15). The maximum atomic E-state index is 10.6. The zero-order valence-corrected chi connectivity index (χ0v) is 10.5. The van der Waals surface area contributed by atoms with Crippen LogP contribution in [0.5, 0.6) is 0 Å². The molecule has 0 radical (unpaired) electrons. The molecule has 5 heteroatoms. The summed E-state index contributed by atoms with van der Waals surface area (Å²) in [5.41, 5.74) is 0.123. The molecule has 16 heavy (non-hydrogen) atoms. The van der Waals surface area contributed by atoms with E-state index in [0.717, 1.165) is 13.0 Å². The van der Waals surface area contributed by atoms with Gasteiger partial charge in [0.05, 0.1) is 6.61 Å². The number of nitrogens with one attached hydrogen (secondary N) is 2. The van der Waals surface area contributed by atoms with Gasteiger partial charge in [-0.25, -0.2) is 0 Å². The van der Waals surface area contributed by atoms with Crippen LogP contribution in [0, 0.1) is 0 Å². The summed E-state index contributed by atoms with van der Waals surface area (Å²) < 4.78 is 5.37. The number of aliphatic hydroxyl groups is 1. The molecule has 5 nitrogen and oxygen atoms in total. The van der Waals surface area contributed by atoms with Crippen molar-refractivity contribution in [1.82, 2.24) is 10.6 Å². The third-order valence-corrected chi connectivity index (χ3v) is 1.83. The first-order valence-electron chi connectivity index (χ1n) is 5.66. The average molecular weight is 232 g/mol. The lowest BCUT2D eigenvalue weighted by atomic mass is 10.1. The van der Waals surface area contributed by atoms with Crippen LogP contribution in [-0.4, -0.2) is 49.5 Å². The SMILES string of the molecule is CC(C)(C)NCCOCCCNC(=O)CO. The second-order valence-electron chi connectivity index (χ2n) is 4.65. The Hall–Kier alpha value is -0.650. The van der Waals surface area contributed by atoms with Gasteiger partial charge in [0.25, 0.3) is 0 Å². The Bertz CT molecular complexity index is 190. The van der Waals surface area contributed by atoms with Crippen LogP contribution < -0.4 is 10.6 Å². The molecule has 0 bridgehead atoms. The minimum atomic E-state index is -0.448. The predicted octanol–water partition coefficient (Wildman–Crippen LogP) is -0.110. The molecule has 0 aromatic carbocycles. The molecule has 0 heterocycles. The molecule has 0 unspecified atom stereocenters. The Balaban J connectivity index is 3.13. The highest BCUT2D eigenvalue weighted by Crippen LogP contribution is 1.96. The van der Waals surface area contributed by atoms with Crippen LogP contribution in [0.4, 0.5) is 0 Å². The monoisotopic (exact) mass is 232 g/mol. The lowest BCUT2D eigenvalue weighted by Crippen LogP contribution is -2.38. The van der Waals surface area contributed by atoms with Crippen molar-refractivity contribution in [3.05, 3.63) is 0 Å². The third-order valence-electron chi connectivity index (χ3n) is 1.83. The Kier molecular flexibility index (Phi) is 8.15. The molecule has 1 amide bonds. The second kappa shape index (κ2) is 8.50. The molecule has 0 spiro atoms. The number of carbonyl (C=O) groups is 1. The topological polar surface area (TPSA) is 70.6 Å². The molecule has 0 fully saturated rings. The number of hydrogen-bond acceptors (Lipinski definition) is 4. The van der Waals surface area contributed by atoms with E-state index >= 15 is 0 Å². The van der Waals surface area contributed by atoms with Crippen LogP contribution >= 0.6 is 0 Å². The Morgan fingerprint density at radius 1 is 1.25 bits per heavy atom. The van der Waals surface area contributed by atoms with Gasteiger partial charge in [0.2, 0.25) is 5.91 Å². The fraction of sp³-hybridized carbons (Fsp3) is 0.909. The van der Waals surface area contributed by atoms with Gasteiger partial charge in [0, 0.05) is 25.2 Å². The number of ether oxygens (including phenoxy) is 1. The summed E-state index contributed by atoms with van der Waals surface area (Å²) in [5, 5.41) is 14.3. The van der Waals surface area contributed by atoms with Crippen molar-refractivity contribution in [3.63, 3.8) is 0 Å². The van der Waals surface area contributed by atoms with Crippen molar-refractivity contribution >= 4 is 5.91 Å². The van der Waals surface area contributed by atoms with Crippen LogP contribution in [0.3, 0.4) is 0 Å². The van der Waals surface area contributed by atoms with Crippen molar-refractivity contribution in [2.45, 2.75) is 32.7 Å². The van der Waals surface area contributed by atoms with Gasteiger partial charge in [0.15, 0.2) is 0 Å². The van der Waals surface area contributed by atoms with Gasteiger partial charge >= 0.3 is 0 Å². The first kappa shape index (κ1) is 15.3. The van der Waals surface area contributed by atoms with E-state index in [4.69, 9.17) is 9.84 Å². The molecule has 0 saturated carbocycles. The van der Waals surface area contributed by atoms with Crippen LogP contribution in [0.1, 0.15) is 27.2 Å². The summed E-state index contributed by atoms with van der Waals surface area (Å²) in [6, 6.07) is 0. The average Bonchev–Trinajstić information content (AvgIpc) is 2.20. The molecule has 0 aromatic rings. The summed E-state index contributed by atoms with van der Waals surface area (Å²) in [6.07, 6.45) is 0.765. The molecule has 96 valence electrons. The van der Waals surface area contributed by atoms with Crippen LogP contribution in [-0.2, 0) is 9.53 Å². The van der Waals surface area contributed by atoms with E-state index in [2.05, 4.69) is 31.4 Å². The van der Waals surface area contributed by atoms with Gasteiger partial charge in [-0.2, -0.15) is 0 Å². The van der Waals surface area contributed by atoms with E-state index in [9.17, 15) is 4.79 Å². The fourth-order valence-corrected chi connectivity index (χ4v) is 1.06. The first-order chi connectivity index (χ1) is 7.45. The molecule has 0 aliphatic rings. The fourth-order valence-electron chi connectivity index (χ4n) is 1.06. The molecule has 3 N–H and O–H groups in total. The number of hydrogen-bond donors (Lipinski definition) is 3. The largest absolute Gasteiger partial charge is 0.387 e. The zero-order valence-electron chi connectivity index (χ0n) is 10.5. The predicted molar refractivity (Wildman–Crippen MR) is 63.3 cm³/mol. The molecular formula is C11H24N2O3. The van der Waals surface area contributed by atoms with Crippen LogP contribution in [0.15, 0.2) is 0 Å². The van der Waals surface area contributed by atoms with Crippen molar-refractivity contribution in [2.75, 3.05) is 32.9 Å². The smallest absolute Gasteiger partial charge is 0.245 e. The zero-order chi connectivity index (χ0) is 12.4. The van der Waals surface area contributed by atoms with Gasteiger partial charge in [-0.05, 0) is 27.2 Å². The van der Waals surface area contributed by atoms with Gasteiger partial charge in [-0.15, -0.1) is 0 Å². The van der Waals surface area contributed by atoms with Gasteiger partial charge < -0.3 is 20.5 Å². The van der Waals surface area contributed by atoms with Gasteiger partial charge in [0.1, 0.15) is 6.61 Å². The van der Waals surface area contributed by atoms with Crippen molar-refractivity contribution in [1.29, 1.82) is 0 Å².